The van der Waals surface area contributed by atoms with Crippen LogP contribution in [-0.2, 0) is 7.05 Å². The van der Waals surface area contributed by atoms with E-state index in [0.717, 1.165) is 4.88 Å². The fourth-order valence-electron chi connectivity index (χ4n) is 1.06. The summed E-state index contributed by atoms with van der Waals surface area (Å²) < 4.78 is 1.59. The molecule has 7 heteroatoms. The van der Waals surface area contributed by atoms with Crippen molar-refractivity contribution in [3.63, 3.8) is 0 Å². The van der Waals surface area contributed by atoms with Gasteiger partial charge in [-0.05, 0) is 17.4 Å². The monoisotopic (exact) mass is 210 g/mol. The molecule has 74 valence electrons. The Bertz CT molecular complexity index is 394. The molecule has 0 saturated heterocycles. The molecule has 0 aliphatic rings. The number of aromatic nitrogens is 5. The Hall–Kier alpha value is -1.50. The van der Waals surface area contributed by atoms with E-state index in [0.29, 0.717) is 5.95 Å². The normalized spacial score (nSPS) is 12.7. The van der Waals surface area contributed by atoms with Gasteiger partial charge in [-0.3, -0.25) is 4.98 Å². The van der Waals surface area contributed by atoms with Gasteiger partial charge in [-0.1, -0.05) is 5.10 Å². The lowest BCUT2D eigenvalue weighted by molar-refractivity contribution is 0.706. The SMILES string of the molecule is C[C@H](Nc1nnnn1C)c1cncs1. The second kappa shape index (κ2) is 3.70. The molecule has 2 rings (SSSR count). The number of rotatable bonds is 3. The van der Waals surface area contributed by atoms with Crippen LogP contribution in [0.1, 0.15) is 17.8 Å². The molecule has 14 heavy (non-hydrogen) atoms. The second-order valence-electron chi connectivity index (χ2n) is 2.90. The Morgan fingerprint density at radius 2 is 2.43 bits per heavy atom. The van der Waals surface area contributed by atoms with Gasteiger partial charge in [0.2, 0.25) is 5.95 Å². The second-order valence-corrected chi connectivity index (χ2v) is 3.81. The van der Waals surface area contributed by atoms with Crippen molar-refractivity contribution in [2.24, 2.45) is 7.05 Å². The Kier molecular flexibility index (Phi) is 2.40. The third-order valence-electron chi connectivity index (χ3n) is 1.84. The highest BCUT2D eigenvalue weighted by atomic mass is 32.1. The summed E-state index contributed by atoms with van der Waals surface area (Å²) in [7, 11) is 1.79. The number of thiazole rings is 1. The van der Waals surface area contributed by atoms with Gasteiger partial charge in [0.15, 0.2) is 0 Å². The van der Waals surface area contributed by atoms with E-state index in [2.05, 4.69) is 25.8 Å². The number of anilines is 1. The van der Waals surface area contributed by atoms with Crippen molar-refractivity contribution in [1.82, 2.24) is 25.2 Å². The molecular weight excluding hydrogens is 200 g/mol. The summed E-state index contributed by atoms with van der Waals surface area (Å²) in [4.78, 5) is 5.18. The molecule has 2 heterocycles. The molecule has 0 unspecified atom stereocenters. The van der Waals surface area contributed by atoms with E-state index in [1.165, 1.54) is 0 Å². The first-order chi connectivity index (χ1) is 6.77. The quantitative estimate of drug-likeness (QED) is 0.813. The van der Waals surface area contributed by atoms with Gasteiger partial charge < -0.3 is 5.32 Å². The van der Waals surface area contributed by atoms with Gasteiger partial charge in [-0.2, -0.15) is 0 Å². The van der Waals surface area contributed by atoms with Gasteiger partial charge in [0, 0.05) is 18.1 Å². The van der Waals surface area contributed by atoms with Crippen molar-refractivity contribution < 1.29 is 0 Å². The summed E-state index contributed by atoms with van der Waals surface area (Å²) in [5.41, 5.74) is 1.81. The van der Waals surface area contributed by atoms with Gasteiger partial charge in [0.1, 0.15) is 0 Å². The zero-order chi connectivity index (χ0) is 9.97. The Morgan fingerprint density at radius 3 is 3.00 bits per heavy atom. The van der Waals surface area contributed by atoms with Crippen LogP contribution in [0, 0.1) is 0 Å². The molecule has 2 aromatic heterocycles. The Balaban J connectivity index is 2.09. The lowest BCUT2D eigenvalue weighted by atomic mass is 10.3. The Labute approximate surface area is 85.0 Å². The first-order valence-electron chi connectivity index (χ1n) is 4.14. The number of nitrogens with zero attached hydrogens (tertiary/aromatic N) is 5. The highest BCUT2D eigenvalue weighted by molar-refractivity contribution is 7.09. The average Bonchev–Trinajstić information content (AvgIpc) is 2.77. The van der Waals surface area contributed by atoms with Gasteiger partial charge in [-0.15, -0.1) is 11.3 Å². The zero-order valence-electron chi connectivity index (χ0n) is 7.88. The fraction of sp³-hybridized carbons (Fsp3) is 0.429. The number of tetrazole rings is 1. The zero-order valence-corrected chi connectivity index (χ0v) is 8.69. The van der Waals surface area contributed by atoms with Gasteiger partial charge in [0.25, 0.3) is 0 Å². The van der Waals surface area contributed by atoms with E-state index in [1.54, 1.807) is 23.1 Å². The number of aryl methyl sites for hydroxylation is 1. The predicted octanol–water partition coefficient (Wildman–Crippen LogP) is 0.840. The molecule has 1 N–H and O–H groups in total. The predicted molar refractivity (Wildman–Crippen MR) is 52.9 cm³/mol. The van der Waals surface area contributed by atoms with Crippen molar-refractivity contribution in [2.45, 2.75) is 13.0 Å². The van der Waals surface area contributed by atoms with Crippen LogP contribution < -0.4 is 5.32 Å². The molecular formula is C7H10N6S. The van der Waals surface area contributed by atoms with E-state index in [4.69, 9.17) is 0 Å². The molecule has 0 spiro atoms. The van der Waals surface area contributed by atoms with Gasteiger partial charge >= 0.3 is 0 Å². The summed E-state index contributed by atoms with van der Waals surface area (Å²) >= 11 is 1.61. The molecule has 0 radical (unpaired) electrons. The number of nitrogens with one attached hydrogen (secondary N) is 1. The van der Waals surface area contributed by atoms with E-state index < -0.39 is 0 Å². The molecule has 0 aromatic carbocycles. The summed E-state index contributed by atoms with van der Waals surface area (Å²) in [6.45, 7) is 2.04. The third kappa shape index (κ3) is 1.72. The molecule has 6 nitrogen and oxygen atoms in total. The Morgan fingerprint density at radius 1 is 1.57 bits per heavy atom. The summed E-state index contributed by atoms with van der Waals surface area (Å²) in [5.74, 6) is 0.658. The molecule has 0 bridgehead atoms. The maximum atomic E-state index is 4.02. The molecule has 0 aliphatic heterocycles. The van der Waals surface area contributed by atoms with Gasteiger partial charge in [0.05, 0.1) is 11.6 Å². The van der Waals surface area contributed by atoms with Crippen molar-refractivity contribution in [3.05, 3.63) is 16.6 Å². The van der Waals surface area contributed by atoms with Crippen LogP contribution in [0.4, 0.5) is 5.95 Å². The minimum atomic E-state index is 0.173. The minimum Gasteiger partial charge on any atom is -0.346 e. The summed E-state index contributed by atoms with van der Waals surface area (Å²) in [6, 6.07) is 0.173. The molecule has 0 amide bonds. The lowest BCUT2D eigenvalue weighted by Crippen LogP contribution is -2.09. The highest BCUT2D eigenvalue weighted by Gasteiger charge is 2.09. The van der Waals surface area contributed by atoms with Crippen molar-refractivity contribution in [1.29, 1.82) is 0 Å². The summed E-state index contributed by atoms with van der Waals surface area (Å²) in [5, 5.41) is 14.3. The van der Waals surface area contributed by atoms with E-state index >= 15 is 0 Å². The molecule has 0 aliphatic carbocycles. The first kappa shape index (κ1) is 9.07. The molecule has 0 saturated carbocycles. The van der Waals surface area contributed by atoms with Crippen LogP contribution in [0.15, 0.2) is 11.7 Å². The van der Waals surface area contributed by atoms with E-state index in [1.807, 2.05) is 18.6 Å². The first-order valence-corrected chi connectivity index (χ1v) is 5.02. The van der Waals surface area contributed by atoms with Crippen LogP contribution in [0.2, 0.25) is 0 Å². The van der Waals surface area contributed by atoms with Crippen LogP contribution in [0.3, 0.4) is 0 Å². The fourth-order valence-corrected chi connectivity index (χ4v) is 1.68. The third-order valence-corrected chi connectivity index (χ3v) is 2.80. The summed E-state index contributed by atoms with van der Waals surface area (Å²) in [6.07, 6.45) is 1.84. The van der Waals surface area contributed by atoms with E-state index in [-0.39, 0.29) is 6.04 Å². The van der Waals surface area contributed by atoms with Crippen LogP contribution in [-0.4, -0.2) is 25.2 Å². The molecule has 2 aromatic rings. The average molecular weight is 210 g/mol. The van der Waals surface area contributed by atoms with Crippen molar-refractivity contribution >= 4 is 17.3 Å². The molecule has 1 atom stereocenters. The maximum Gasteiger partial charge on any atom is 0.243 e. The topological polar surface area (TPSA) is 68.5 Å². The number of hydrogen-bond donors (Lipinski definition) is 1. The van der Waals surface area contributed by atoms with Crippen molar-refractivity contribution in [2.75, 3.05) is 5.32 Å². The van der Waals surface area contributed by atoms with E-state index in [9.17, 15) is 0 Å². The van der Waals surface area contributed by atoms with Gasteiger partial charge in [-0.25, -0.2) is 4.68 Å². The smallest absolute Gasteiger partial charge is 0.243 e. The molecule has 0 fully saturated rings. The highest BCUT2D eigenvalue weighted by Crippen LogP contribution is 2.19. The largest absolute Gasteiger partial charge is 0.346 e. The minimum absolute atomic E-state index is 0.173. The van der Waals surface area contributed by atoms with Crippen molar-refractivity contribution in [3.8, 4) is 0 Å². The number of hydrogen-bond acceptors (Lipinski definition) is 6. The maximum absolute atomic E-state index is 4.02. The van der Waals surface area contributed by atoms with Crippen LogP contribution in [0.25, 0.3) is 0 Å². The van der Waals surface area contributed by atoms with Crippen LogP contribution in [0.5, 0.6) is 0 Å². The standard InChI is InChI=1S/C7H10N6S/c1-5(6-3-8-4-14-6)9-7-10-11-12-13(7)2/h3-5H,1-2H3,(H,9,10,12)/t5-/m0/s1. The van der Waals surface area contributed by atoms with Crippen LogP contribution >= 0.6 is 11.3 Å². The lowest BCUT2D eigenvalue weighted by Gasteiger charge is -2.10.